The predicted molar refractivity (Wildman–Crippen MR) is 149 cm³/mol. The molecule has 1 nitrogen and oxygen atoms in total. The summed E-state index contributed by atoms with van der Waals surface area (Å²) in [5.74, 6) is 2.32. The highest BCUT2D eigenvalue weighted by Crippen LogP contribution is 2.37. The molecule has 0 bridgehead atoms. The lowest BCUT2D eigenvalue weighted by Crippen LogP contribution is -2.19. The van der Waals surface area contributed by atoms with Crippen molar-refractivity contribution in [1.29, 1.82) is 5.41 Å². The van der Waals surface area contributed by atoms with Crippen LogP contribution in [0.1, 0.15) is 68.2 Å². The molecule has 4 unspecified atom stereocenters. The van der Waals surface area contributed by atoms with Gasteiger partial charge in [-0.25, -0.2) is 0 Å². The van der Waals surface area contributed by atoms with Crippen LogP contribution in [0.2, 0.25) is 0 Å². The average molecular weight is 436 g/mol. The van der Waals surface area contributed by atoms with E-state index < -0.39 is 0 Å². The first-order valence-corrected chi connectivity index (χ1v) is 12.5. The van der Waals surface area contributed by atoms with Crippen LogP contribution in [0.4, 0.5) is 0 Å². The molecule has 4 atom stereocenters. The van der Waals surface area contributed by atoms with Gasteiger partial charge in [0.2, 0.25) is 0 Å². The molecule has 1 N–H and O–H groups in total. The van der Waals surface area contributed by atoms with Crippen molar-refractivity contribution < 1.29 is 0 Å². The highest BCUT2D eigenvalue weighted by Gasteiger charge is 2.25. The standard InChI is InChI=1S/C13H16.C12H15N.3C2H6/c1-3-12-10(2)8-9-11-6-4-5-7-13(11)12;1-10(9-13)7-8-12-6-4-3-5-11(12)2;3*1-2/h3-4,6,8-9,11,13H,1,5,7H2,2H3;3-9,11-13H,1H2,2H3;3*1-2H3/b;8-7-,13-9?;;;. The van der Waals surface area contributed by atoms with Gasteiger partial charge in [-0.05, 0) is 48.3 Å². The van der Waals surface area contributed by atoms with E-state index in [1.54, 1.807) is 0 Å². The molecule has 0 spiro atoms. The van der Waals surface area contributed by atoms with E-state index in [4.69, 9.17) is 5.41 Å². The van der Waals surface area contributed by atoms with Crippen LogP contribution in [0.3, 0.4) is 0 Å². The average Bonchev–Trinajstić information content (AvgIpc) is 2.87. The Morgan fingerprint density at radius 3 is 2.19 bits per heavy atom. The van der Waals surface area contributed by atoms with Crippen molar-refractivity contribution in [2.75, 3.05) is 0 Å². The second-order valence-corrected chi connectivity index (χ2v) is 7.18. The summed E-state index contributed by atoms with van der Waals surface area (Å²) in [6.45, 7) is 24.0. The summed E-state index contributed by atoms with van der Waals surface area (Å²) >= 11 is 0. The summed E-state index contributed by atoms with van der Waals surface area (Å²) in [4.78, 5) is 0. The zero-order chi connectivity index (χ0) is 24.9. The molecule has 0 aromatic heterocycles. The highest BCUT2D eigenvalue weighted by molar-refractivity contribution is 5.78. The van der Waals surface area contributed by atoms with Crippen LogP contribution in [0.5, 0.6) is 0 Å². The van der Waals surface area contributed by atoms with E-state index in [1.165, 1.54) is 30.2 Å². The molecule has 0 saturated heterocycles. The zero-order valence-electron chi connectivity index (χ0n) is 22.1. The smallest absolute Gasteiger partial charge is 0.0244 e. The molecule has 0 saturated carbocycles. The summed E-state index contributed by atoms with van der Waals surface area (Å²) in [5.41, 5.74) is 3.60. The van der Waals surface area contributed by atoms with Gasteiger partial charge in [0.15, 0.2) is 0 Å². The van der Waals surface area contributed by atoms with Crippen molar-refractivity contribution >= 4 is 6.21 Å². The summed E-state index contributed by atoms with van der Waals surface area (Å²) in [5, 5.41) is 6.97. The van der Waals surface area contributed by atoms with Crippen LogP contribution in [0.15, 0.2) is 96.7 Å². The van der Waals surface area contributed by atoms with Gasteiger partial charge in [-0.2, -0.15) is 0 Å². The van der Waals surface area contributed by atoms with Crippen LogP contribution < -0.4 is 0 Å². The van der Waals surface area contributed by atoms with Gasteiger partial charge < -0.3 is 5.41 Å². The molecular formula is C31H49N. The van der Waals surface area contributed by atoms with Gasteiger partial charge in [0.05, 0.1) is 0 Å². The minimum Gasteiger partial charge on any atom is -0.308 e. The van der Waals surface area contributed by atoms with Crippen molar-refractivity contribution in [3.05, 3.63) is 96.7 Å². The molecule has 0 aliphatic heterocycles. The van der Waals surface area contributed by atoms with Crippen LogP contribution in [-0.4, -0.2) is 6.21 Å². The highest BCUT2D eigenvalue weighted by atomic mass is 14.3. The van der Waals surface area contributed by atoms with Gasteiger partial charge in [-0.1, -0.05) is 128 Å². The lowest BCUT2D eigenvalue weighted by molar-refractivity contribution is 0.471. The van der Waals surface area contributed by atoms with E-state index in [0.717, 1.165) is 5.57 Å². The van der Waals surface area contributed by atoms with E-state index in [0.29, 0.717) is 23.7 Å². The molecule has 0 aromatic carbocycles. The van der Waals surface area contributed by atoms with Crippen molar-refractivity contribution in [1.82, 2.24) is 0 Å². The van der Waals surface area contributed by atoms with E-state index in [2.05, 4.69) is 81.7 Å². The van der Waals surface area contributed by atoms with E-state index in [9.17, 15) is 0 Å². The second-order valence-electron chi connectivity index (χ2n) is 7.18. The second kappa shape index (κ2) is 20.5. The predicted octanol–water partition coefficient (Wildman–Crippen LogP) is 9.85. The first kappa shape index (κ1) is 31.8. The van der Waals surface area contributed by atoms with Crippen molar-refractivity contribution in [2.45, 2.75) is 68.2 Å². The maximum atomic E-state index is 6.97. The van der Waals surface area contributed by atoms with Crippen LogP contribution in [-0.2, 0) is 0 Å². The molecule has 32 heavy (non-hydrogen) atoms. The molecule has 1 heteroatoms. The molecular weight excluding hydrogens is 386 g/mol. The molecule has 0 heterocycles. The summed E-state index contributed by atoms with van der Waals surface area (Å²) in [7, 11) is 0. The third-order valence-electron chi connectivity index (χ3n) is 5.29. The maximum absolute atomic E-state index is 6.97. The van der Waals surface area contributed by atoms with Crippen LogP contribution in [0.25, 0.3) is 0 Å². The fourth-order valence-electron chi connectivity index (χ4n) is 3.63. The molecule has 0 amide bonds. The Kier molecular flexibility index (Phi) is 20.3. The summed E-state index contributed by atoms with van der Waals surface area (Å²) in [6, 6.07) is 0. The molecule has 3 rings (SSSR count). The van der Waals surface area contributed by atoms with Gasteiger partial charge in [0, 0.05) is 18.1 Å². The van der Waals surface area contributed by atoms with Gasteiger partial charge in [0.25, 0.3) is 0 Å². The topological polar surface area (TPSA) is 23.9 Å². The van der Waals surface area contributed by atoms with Crippen LogP contribution in [0, 0.1) is 29.1 Å². The number of allylic oxidation sites excluding steroid dienone is 14. The Balaban J connectivity index is 0. The monoisotopic (exact) mass is 435 g/mol. The largest absolute Gasteiger partial charge is 0.308 e. The first-order chi connectivity index (χ1) is 15.6. The third-order valence-corrected chi connectivity index (χ3v) is 5.29. The minimum absolute atomic E-state index is 0.446. The molecule has 0 radical (unpaired) electrons. The number of hydrogen-bond donors (Lipinski definition) is 1. The van der Waals surface area contributed by atoms with Gasteiger partial charge in [-0.15, -0.1) is 0 Å². The van der Waals surface area contributed by atoms with Crippen molar-refractivity contribution in [3.8, 4) is 0 Å². The quantitative estimate of drug-likeness (QED) is 0.258. The summed E-state index contributed by atoms with van der Waals surface area (Å²) < 4.78 is 0. The summed E-state index contributed by atoms with van der Waals surface area (Å²) in [6.07, 6.45) is 27.5. The number of hydrogen-bond acceptors (Lipinski definition) is 1. The third kappa shape index (κ3) is 11.3. The fraction of sp³-hybridized carbons (Fsp3) is 0.452. The lowest BCUT2D eigenvalue weighted by atomic mass is 9.74. The lowest BCUT2D eigenvalue weighted by Gasteiger charge is -2.30. The van der Waals surface area contributed by atoms with E-state index >= 15 is 0 Å². The fourth-order valence-corrected chi connectivity index (χ4v) is 3.63. The normalized spacial score (nSPS) is 24.2. The van der Waals surface area contributed by atoms with Crippen molar-refractivity contribution in [2.24, 2.45) is 23.7 Å². The SMILES string of the molecule is C=C(C=N)/C=C\C1C=CC=CC1C.C=CC1=C(C)C=CC2C=CCCC12.CC.CC.CC. The molecule has 3 aliphatic rings. The van der Waals surface area contributed by atoms with E-state index in [-0.39, 0.29) is 0 Å². The molecule has 0 aromatic rings. The Labute approximate surface area is 200 Å². The van der Waals surface area contributed by atoms with Gasteiger partial charge in [0.1, 0.15) is 0 Å². The minimum atomic E-state index is 0.446. The number of rotatable bonds is 4. The van der Waals surface area contributed by atoms with E-state index in [1.807, 2.05) is 53.7 Å². The van der Waals surface area contributed by atoms with Gasteiger partial charge >= 0.3 is 0 Å². The first-order valence-electron chi connectivity index (χ1n) is 12.5. The molecule has 3 aliphatic carbocycles. The maximum Gasteiger partial charge on any atom is 0.0244 e. The van der Waals surface area contributed by atoms with Crippen molar-refractivity contribution in [3.63, 3.8) is 0 Å². The zero-order valence-corrected chi connectivity index (χ0v) is 22.1. The number of nitrogens with one attached hydrogen (secondary N) is 1. The Morgan fingerprint density at radius 1 is 1.00 bits per heavy atom. The molecule has 178 valence electrons. The van der Waals surface area contributed by atoms with Crippen LogP contribution >= 0.6 is 0 Å². The Bertz CT molecular complexity index is 709. The molecule has 0 fully saturated rings. The van der Waals surface area contributed by atoms with Gasteiger partial charge in [-0.3, -0.25) is 0 Å². The Hall–Kier alpha value is -2.41. The Morgan fingerprint density at radius 2 is 1.62 bits per heavy atom. The number of fused-ring (bicyclic) bond motifs is 1.